The minimum Gasteiger partial charge on any atom is -0.480 e. The number of esters is 1. The molecule has 0 spiro atoms. The van der Waals surface area contributed by atoms with Crippen LogP contribution in [0.3, 0.4) is 0 Å². The van der Waals surface area contributed by atoms with E-state index in [-0.39, 0.29) is 11.3 Å². The molecule has 0 saturated heterocycles. The monoisotopic (exact) mass is 285 g/mol. The molecule has 0 aliphatic carbocycles. The Labute approximate surface area is 114 Å². The molecule has 1 atom stereocenters. The highest BCUT2D eigenvalue weighted by molar-refractivity contribution is 5.91. The van der Waals surface area contributed by atoms with Gasteiger partial charge in [0.15, 0.2) is 0 Å². The van der Waals surface area contributed by atoms with Crippen LogP contribution in [-0.2, 0) is 9.59 Å². The second kappa shape index (κ2) is 8.62. The van der Waals surface area contributed by atoms with Gasteiger partial charge in [0.25, 0.3) is 0 Å². The minimum atomic E-state index is -1.18. The Morgan fingerprint density at radius 1 is 1.25 bits per heavy atom. The second-order valence-corrected chi connectivity index (χ2v) is 3.52. The van der Waals surface area contributed by atoms with Gasteiger partial charge in [-0.05, 0) is 12.1 Å². The molecule has 0 aromatic heterocycles. The number of carboxylic acid groups (broad SMARTS) is 2. The first-order valence-electron chi connectivity index (χ1n) is 5.39. The molecule has 0 bridgehead atoms. The molecule has 110 valence electrons. The zero-order chi connectivity index (χ0) is 15.7. The lowest BCUT2D eigenvalue weighted by atomic mass is 10.2. The molecule has 0 aliphatic rings. The van der Waals surface area contributed by atoms with Gasteiger partial charge >= 0.3 is 17.9 Å². The number of carbonyl (C=O) groups excluding carboxylic acids is 1. The molecule has 5 N–H and O–H groups in total. The average Bonchev–Trinajstić information content (AvgIpc) is 2.38. The number of ether oxygens (including phenoxy) is 1. The van der Waals surface area contributed by atoms with Crippen LogP contribution in [0.2, 0.25) is 0 Å². The molecule has 8 heteroatoms. The predicted molar refractivity (Wildman–Crippen MR) is 67.4 cm³/mol. The summed E-state index contributed by atoms with van der Waals surface area (Å²) in [5.41, 5.74) is 4.75. The van der Waals surface area contributed by atoms with Crippen molar-refractivity contribution in [3.05, 3.63) is 29.8 Å². The number of rotatable bonds is 4. The third-order valence-corrected chi connectivity index (χ3v) is 1.89. The van der Waals surface area contributed by atoms with E-state index in [2.05, 4.69) is 4.74 Å². The molecule has 0 saturated carbocycles. The molecule has 0 heterocycles. The van der Waals surface area contributed by atoms with Gasteiger partial charge in [0.05, 0.1) is 6.61 Å². The van der Waals surface area contributed by atoms with Gasteiger partial charge in [-0.15, -0.1) is 0 Å². The Bertz CT molecular complexity index is 486. The SMILES string of the molecule is CC(=O)Oc1ccccc1C(=O)O.N[C@@H](CO)C(=O)O. The molecule has 0 radical (unpaired) electrons. The zero-order valence-corrected chi connectivity index (χ0v) is 10.6. The fourth-order valence-corrected chi connectivity index (χ4v) is 0.965. The molecule has 1 aromatic rings. The van der Waals surface area contributed by atoms with Gasteiger partial charge in [0.2, 0.25) is 0 Å². The fourth-order valence-electron chi connectivity index (χ4n) is 0.965. The molecular formula is C12H15NO7. The van der Waals surface area contributed by atoms with Crippen molar-refractivity contribution in [3.63, 3.8) is 0 Å². The van der Waals surface area contributed by atoms with E-state index in [1.54, 1.807) is 12.1 Å². The molecule has 1 rings (SSSR count). The Hall–Kier alpha value is -2.45. The quantitative estimate of drug-likeness (QED) is 0.435. The maximum atomic E-state index is 10.6. The molecule has 0 amide bonds. The zero-order valence-electron chi connectivity index (χ0n) is 10.6. The van der Waals surface area contributed by atoms with Crippen molar-refractivity contribution in [1.29, 1.82) is 0 Å². The molecule has 8 nitrogen and oxygen atoms in total. The summed E-state index contributed by atoms with van der Waals surface area (Å²) < 4.78 is 4.69. The van der Waals surface area contributed by atoms with Crippen LogP contribution >= 0.6 is 0 Å². The van der Waals surface area contributed by atoms with Gasteiger partial charge in [-0.25, -0.2) is 4.79 Å². The highest BCUT2D eigenvalue weighted by Gasteiger charge is 2.11. The molecule has 0 aliphatic heterocycles. The normalized spacial score (nSPS) is 10.8. The standard InChI is InChI=1S/C9H8O4.C3H7NO3/c1-6(10)13-8-5-3-2-4-7(8)9(11)12;4-2(1-5)3(6)7/h2-5H,1H3,(H,11,12);2,5H,1,4H2,(H,6,7)/t;2-/m.0/s1. The number of nitrogens with two attached hydrogens (primary N) is 1. The minimum absolute atomic E-state index is 0.0160. The lowest BCUT2D eigenvalue weighted by Gasteiger charge is -2.03. The largest absolute Gasteiger partial charge is 0.480 e. The van der Waals surface area contributed by atoms with E-state index in [0.29, 0.717) is 0 Å². The van der Waals surface area contributed by atoms with Crippen LogP contribution in [0.1, 0.15) is 17.3 Å². The number of hydrogen-bond acceptors (Lipinski definition) is 6. The summed E-state index contributed by atoms with van der Waals surface area (Å²) in [5, 5.41) is 24.6. The Morgan fingerprint density at radius 2 is 1.80 bits per heavy atom. The highest BCUT2D eigenvalue weighted by atomic mass is 16.5. The van der Waals surface area contributed by atoms with Gasteiger partial charge in [0, 0.05) is 6.92 Å². The molecule has 0 fully saturated rings. The van der Waals surface area contributed by atoms with E-state index in [1.165, 1.54) is 19.1 Å². The van der Waals surface area contributed by atoms with Gasteiger partial charge in [-0.3, -0.25) is 9.59 Å². The van der Waals surface area contributed by atoms with Crippen molar-refractivity contribution >= 4 is 17.9 Å². The van der Waals surface area contributed by atoms with Crippen molar-refractivity contribution < 1.29 is 34.4 Å². The highest BCUT2D eigenvalue weighted by Crippen LogP contribution is 2.17. The molecular weight excluding hydrogens is 270 g/mol. The topological polar surface area (TPSA) is 147 Å². The van der Waals surface area contributed by atoms with E-state index in [0.717, 1.165) is 0 Å². The first-order valence-corrected chi connectivity index (χ1v) is 5.39. The summed E-state index contributed by atoms with van der Waals surface area (Å²) in [6.45, 7) is 0.716. The number of para-hydroxylation sites is 1. The summed E-state index contributed by atoms with van der Waals surface area (Å²) in [6, 6.07) is 4.85. The number of aliphatic hydroxyl groups excluding tert-OH is 1. The van der Waals surface area contributed by atoms with Crippen LogP contribution in [0.5, 0.6) is 5.75 Å². The average molecular weight is 285 g/mol. The van der Waals surface area contributed by atoms with E-state index >= 15 is 0 Å². The number of carboxylic acids is 2. The summed E-state index contributed by atoms with van der Waals surface area (Å²) >= 11 is 0. The van der Waals surface area contributed by atoms with Crippen molar-refractivity contribution in [2.75, 3.05) is 6.61 Å². The molecule has 0 unspecified atom stereocenters. The first kappa shape index (κ1) is 17.6. The van der Waals surface area contributed by atoms with Gasteiger partial charge in [0.1, 0.15) is 17.4 Å². The summed E-state index contributed by atoms with van der Waals surface area (Å²) in [7, 11) is 0. The van der Waals surface area contributed by atoms with Crippen molar-refractivity contribution in [3.8, 4) is 5.75 Å². The van der Waals surface area contributed by atoms with Gasteiger partial charge in [-0.1, -0.05) is 12.1 Å². The summed E-state index contributed by atoms with van der Waals surface area (Å²) in [6.07, 6.45) is 0. The van der Waals surface area contributed by atoms with E-state index < -0.39 is 30.6 Å². The third kappa shape index (κ3) is 6.47. The van der Waals surface area contributed by atoms with Crippen molar-refractivity contribution in [1.82, 2.24) is 0 Å². The third-order valence-electron chi connectivity index (χ3n) is 1.89. The summed E-state index contributed by atoms with van der Waals surface area (Å²) in [4.78, 5) is 30.8. The number of carbonyl (C=O) groups is 3. The molecule has 1 aromatic carbocycles. The lowest BCUT2D eigenvalue weighted by molar-refractivity contribution is -0.139. The number of aliphatic hydroxyl groups is 1. The van der Waals surface area contributed by atoms with E-state index in [9.17, 15) is 14.4 Å². The smallest absolute Gasteiger partial charge is 0.339 e. The van der Waals surface area contributed by atoms with Gasteiger partial charge < -0.3 is 25.8 Å². The Balaban J connectivity index is 0.000000441. The Kier molecular flexibility index (Phi) is 7.56. The van der Waals surface area contributed by atoms with Crippen LogP contribution in [0.25, 0.3) is 0 Å². The van der Waals surface area contributed by atoms with Gasteiger partial charge in [-0.2, -0.15) is 0 Å². The number of benzene rings is 1. The first-order chi connectivity index (χ1) is 9.29. The predicted octanol–water partition coefficient (Wildman–Crippen LogP) is -0.299. The van der Waals surface area contributed by atoms with Crippen LogP contribution in [0.15, 0.2) is 24.3 Å². The van der Waals surface area contributed by atoms with Crippen LogP contribution < -0.4 is 10.5 Å². The van der Waals surface area contributed by atoms with Crippen LogP contribution in [0.4, 0.5) is 0 Å². The molecule has 20 heavy (non-hydrogen) atoms. The second-order valence-electron chi connectivity index (χ2n) is 3.52. The van der Waals surface area contributed by atoms with Crippen molar-refractivity contribution in [2.45, 2.75) is 13.0 Å². The Morgan fingerprint density at radius 3 is 2.15 bits per heavy atom. The maximum absolute atomic E-state index is 10.6. The number of hydrogen-bond donors (Lipinski definition) is 4. The number of aliphatic carboxylic acids is 1. The lowest BCUT2D eigenvalue weighted by Crippen LogP contribution is -2.33. The van der Waals surface area contributed by atoms with Crippen LogP contribution in [0, 0.1) is 0 Å². The van der Waals surface area contributed by atoms with Crippen molar-refractivity contribution in [2.24, 2.45) is 5.73 Å². The number of aromatic carboxylic acids is 1. The fraction of sp³-hybridized carbons (Fsp3) is 0.250. The van der Waals surface area contributed by atoms with E-state index in [4.69, 9.17) is 21.1 Å². The maximum Gasteiger partial charge on any atom is 0.339 e. The van der Waals surface area contributed by atoms with Crippen LogP contribution in [-0.4, -0.2) is 45.9 Å². The summed E-state index contributed by atoms with van der Waals surface area (Å²) in [5.74, 6) is -2.75. The van der Waals surface area contributed by atoms with E-state index in [1.807, 2.05) is 0 Å².